The van der Waals surface area contributed by atoms with Crippen molar-refractivity contribution in [2.75, 3.05) is 5.75 Å². The highest BCUT2D eigenvalue weighted by molar-refractivity contribution is 7.99. The van der Waals surface area contributed by atoms with E-state index in [0.717, 1.165) is 17.5 Å². The molecule has 0 N–H and O–H groups in total. The third-order valence-corrected chi connectivity index (χ3v) is 4.85. The number of hydrogen-bond acceptors (Lipinski definition) is 5. The Kier molecular flexibility index (Phi) is 4.34. The van der Waals surface area contributed by atoms with Gasteiger partial charge in [-0.05, 0) is 23.3 Å². The van der Waals surface area contributed by atoms with Gasteiger partial charge in [-0.1, -0.05) is 31.0 Å². The Labute approximate surface area is 123 Å². The summed E-state index contributed by atoms with van der Waals surface area (Å²) >= 11 is 1.69. The molecule has 3 rings (SSSR count). The predicted molar refractivity (Wildman–Crippen MR) is 77.6 cm³/mol. The van der Waals surface area contributed by atoms with Crippen molar-refractivity contribution in [2.24, 2.45) is 7.05 Å². The van der Waals surface area contributed by atoms with Crippen molar-refractivity contribution in [3.8, 4) is 0 Å². The van der Waals surface area contributed by atoms with Crippen LogP contribution in [0.3, 0.4) is 0 Å². The van der Waals surface area contributed by atoms with Crippen LogP contribution in [0.15, 0.2) is 17.6 Å². The molecule has 0 aliphatic heterocycles. The molecule has 0 radical (unpaired) electrons. The number of nitrogens with zero attached hydrogens (tertiary/aromatic N) is 6. The molecule has 108 valence electrons. The van der Waals surface area contributed by atoms with Crippen LogP contribution in [0.4, 0.5) is 0 Å². The van der Waals surface area contributed by atoms with E-state index < -0.39 is 0 Å². The van der Waals surface area contributed by atoms with E-state index in [1.807, 2.05) is 13.2 Å². The van der Waals surface area contributed by atoms with Crippen LogP contribution in [0.25, 0.3) is 0 Å². The molecule has 20 heavy (non-hydrogen) atoms. The van der Waals surface area contributed by atoms with Crippen molar-refractivity contribution in [3.63, 3.8) is 0 Å². The number of hydrogen-bond donors (Lipinski definition) is 0. The normalized spacial score (nSPS) is 16.6. The minimum Gasteiger partial charge on any atom is -0.334 e. The minimum atomic E-state index is 0.653. The fourth-order valence-electron chi connectivity index (χ4n) is 2.81. The standard InChI is InChI=1S/C13H20N6S/c1-18-13(15-16-17-18)20-10-9-19-8-7-14-12(19)11-5-3-2-4-6-11/h7-8,11H,2-6,9-10H2,1H3. The fourth-order valence-corrected chi connectivity index (χ4v) is 3.60. The molecule has 2 heterocycles. The number of imidazole rings is 1. The van der Waals surface area contributed by atoms with Crippen molar-refractivity contribution < 1.29 is 0 Å². The van der Waals surface area contributed by atoms with Gasteiger partial charge in [0.1, 0.15) is 5.82 Å². The first kappa shape index (κ1) is 13.6. The highest BCUT2D eigenvalue weighted by Gasteiger charge is 2.19. The van der Waals surface area contributed by atoms with Gasteiger partial charge < -0.3 is 4.57 Å². The van der Waals surface area contributed by atoms with Gasteiger partial charge in [-0.15, -0.1) is 5.10 Å². The second-order valence-corrected chi connectivity index (χ2v) is 6.31. The van der Waals surface area contributed by atoms with E-state index in [1.54, 1.807) is 16.4 Å². The van der Waals surface area contributed by atoms with Gasteiger partial charge in [0.2, 0.25) is 5.16 Å². The SMILES string of the molecule is Cn1nnnc1SCCn1ccnc1C1CCCCC1. The van der Waals surface area contributed by atoms with Gasteiger partial charge in [-0.2, -0.15) is 0 Å². The van der Waals surface area contributed by atoms with E-state index in [2.05, 4.69) is 31.3 Å². The molecule has 7 heteroatoms. The van der Waals surface area contributed by atoms with Gasteiger partial charge in [-0.25, -0.2) is 9.67 Å². The Hall–Kier alpha value is -1.37. The molecule has 0 atom stereocenters. The van der Waals surface area contributed by atoms with Crippen LogP contribution in [0.2, 0.25) is 0 Å². The maximum Gasteiger partial charge on any atom is 0.209 e. The molecule has 6 nitrogen and oxygen atoms in total. The lowest BCUT2D eigenvalue weighted by atomic mass is 9.89. The number of aromatic nitrogens is 6. The van der Waals surface area contributed by atoms with Crippen LogP contribution in [-0.4, -0.2) is 35.5 Å². The lowest BCUT2D eigenvalue weighted by Gasteiger charge is -2.22. The fraction of sp³-hybridized carbons (Fsp3) is 0.692. The number of tetrazole rings is 1. The zero-order chi connectivity index (χ0) is 13.8. The van der Waals surface area contributed by atoms with E-state index in [1.165, 1.54) is 37.9 Å². The van der Waals surface area contributed by atoms with Gasteiger partial charge in [0, 0.05) is 37.7 Å². The van der Waals surface area contributed by atoms with Crippen LogP contribution in [0.1, 0.15) is 43.8 Å². The van der Waals surface area contributed by atoms with Gasteiger partial charge in [0.05, 0.1) is 0 Å². The summed E-state index contributed by atoms with van der Waals surface area (Å²) in [4.78, 5) is 4.58. The summed E-state index contributed by atoms with van der Waals surface area (Å²) in [6, 6.07) is 0. The molecule has 1 aliphatic carbocycles. The van der Waals surface area contributed by atoms with E-state index in [-0.39, 0.29) is 0 Å². The number of thioether (sulfide) groups is 1. The van der Waals surface area contributed by atoms with Crippen LogP contribution in [-0.2, 0) is 13.6 Å². The van der Waals surface area contributed by atoms with Gasteiger partial charge in [0.25, 0.3) is 0 Å². The zero-order valence-corrected chi connectivity index (χ0v) is 12.6. The summed E-state index contributed by atoms with van der Waals surface area (Å²) in [5, 5.41) is 12.3. The van der Waals surface area contributed by atoms with Gasteiger partial charge in [0.15, 0.2) is 0 Å². The smallest absolute Gasteiger partial charge is 0.209 e. The molecule has 0 unspecified atom stereocenters. The Balaban J connectivity index is 1.58. The Morgan fingerprint density at radius 3 is 2.90 bits per heavy atom. The molecule has 0 amide bonds. The Morgan fingerprint density at radius 1 is 1.30 bits per heavy atom. The molecule has 0 saturated heterocycles. The van der Waals surface area contributed by atoms with Gasteiger partial charge in [-0.3, -0.25) is 0 Å². The van der Waals surface area contributed by atoms with Gasteiger partial charge >= 0.3 is 0 Å². The minimum absolute atomic E-state index is 0.653. The maximum atomic E-state index is 4.58. The Bertz CT molecular complexity index is 543. The highest BCUT2D eigenvalue weighted by atomic mass is 32.2. The van der Waals surface area contributed by atoms with Crippen LogP contribution < -0.4 is 0 Å². The first-order valence-corrected chi connectivity index (χ1v) is 8.19. The lowest BCUT2D eigenvalue weighted by Crippen LogP contribution is -2.13. The highest BCUT2D eigenvalue weighted by Crippen LogP contribution is 2.31. The molecule has 1 fully saturated rings. The summed E-state index contributed by atoms with van der Waals surface area (Å²) in [6.07, 6.45) is 10.7. The summed E-state index contributed by atoms with van der Waals surface area (Å²) < 4.78 is 4.01. The lowest BCUT2D eigenvalue weighted by molar-refractivity contribution is 0.417. The summed E-state index contributed by atoms with van der Waals surface area (Å²) in [5.41, 5.74) is 0. The summed E-state index contributed by atoms with van der Waals surface area (Å²) in [6.45, 7) is 0.962. The van der Waals surface area contributed by atoms with Crippen LogP contribution in [0, 0.1) is 0 Å². The second-order valence-electron chi connectivity index (χ2n) is 5.25. The molecule has 1 aliphatic rings. The summed E-state index contributed by atoms with van der Waals surface area (Å²) in [7, 11) is 1.87. The molecule has 2 aromatic rings. The molecule has 2 aromatic heterocycles. The third-order valence-electron chi connectivity index (χ3n) is 3.86. The topological polar surface area (TPSA) is 61.4 Å². The van der Waals surface area contributed by atoms with Crippen molar-refractivity contribution in [2.45, 2.75) is 49.7 Å². The largest absolute Gasteiger partial charge is 0.334 e. The first-order valence-electron chi connectivity index (χ1n) is 7.21. The second kappa shape index (κ2) is 6.39. The number of rotatable bonds is 5. The predicted octanol–water partition coefficient (Wildman–Crippen LogP) is 2.25. The maximum absolute atomic E-state index is 4.58. The molecular formula is C13H20N6S. The van der Waals surface area contributed by atoms with Crippen LogP contribution >= 0.6 is 11.8 Å². The number of aryl methyl sites for hydroxylation is 2. The molecule has 0 aromatic carbocycles. The molecular weight excluding hydrogens is 272 g/mol. The quantitative estimate of drug-likeness (QED) is 0.791. The van der Waals surface area contributed by atoms with E-state index in [9.17, 15) is 0 Å². The van der Waals surface area contributed by atoms with Crippen LogP contribution in [0.5, 0.6) is 0 Å². The van der Waals surface area contributed by atoms with E-state index in [4.69, 9.17) is 0 Å². The average molecular weight is 292 g/mol. The Morgan fingerprint density at radius 2 is 2.15 bits per heavy atom. The van der Waals surface area contributed by atoms with E-state index >= 15 is 0 Å². The molecule has 0 bridgehead atoms. The average Bonchev–Trinajstić information content (AvgIpc) is 3.10. The van der Waals surface area contributed by atoms with E-state index in [0.29, 0.717) is 5.92 Å². The summed E-state index contributed by atoms with van der Waals surface area (Å²) in [5.74, 6) is 2.88. The van der Waals surface area contributed by atoms with Crippen molar-refractivity contribution in [3.05, 3.63) is 18.2 Å². The molecule has 1 saturated carbocycles. The first-order chi connectivity index (χ1) is 9.84. The van der Waals surface area contributed by atoms with Crippen molar-refractivity contribution in [1.82, 2.24) is 29.8 Å². The third kappa shape index (κ3) is 3.03. The van der Waals surface area contributed by atoms with Crippen molar-refractivity contribution in [1.29, 1.82) is 0 Å². The van der Waals surface area contributed by atoms with Crippen molar-refractivity contribution >= 4 is 11.8 Å². The molecule has 0 spiro atoms. The zero-order valence-electron chi connectivity index (χ0n) is 11.8. The monoisotopic (exact) mass is 292 g/mol.